The topological polar surface area (TPSA) is 117 Å². The molecule has 1 amide bonds. The highest BCUT2D eigenvalue weighted by Crippen LogP contribution is 2.15. The maximum atomic E-state index is 10.3. The number of aromatic nitrogens is 1. The van der Waals surface area contributed by atoms with Gasteiger partial charge >= 0.3 is 0 Å². The molecule has 1 heterocycles. The Bertz CT molecular complexity index is 607. The number of hydrogen-bond acceptors (Lipinski definition) is 4. The second-order valence-corrected chi connectivity index (χ2v) is 5.70. The van der Waals surface area contributed by atoms with Crippen molar-refractivity contribution in [1.82, 2.24) is 10.3 Å². The van der Waals surface area contributed by atoms with E-state index < -0.39 is 0 Å². The highest BCUT2D eigenvalue weighted by Gasteiger charge is 1.94. The van der Waals surface area contributed by atoms with E-state index in [-0.39, 0.29) is 12.8 Å². The molecule has 2 rings (SSSR count). The lowest BCUT2D eigenvalue weighted by molar-refractivity contribution is -0.118. The first-order chi connectivity index (χ1) is 12.1. The summed E-state index contributed by atoms with van der Waals surface area (Å²) in [6, 6.07) is 8.29. The Morgan fingerprint density at radius 2 is 1.92 bits per heavy atom. The molecule has 0 saturated carbocycles. The lowest BCUT2D eigenvalue weighted by Crippen LogP contribution is -2.16. The van der Waals surface area contributed by atoms with E-state index in [2.05, 4.69) is 42.3 Å². The van der Waals surface area contributed by atoms with Crippen molar-refractivity contribution in [3.63, 3.8) is 0 Å². The number of primary amides is 1. The third-order valence-corrected chi connectivity index (χ3v) is 3.60. The molecule has 26 heavy (non-hydrogen) atoms. The summed E-state index contributed by atoms with van der Waals surface area (Å²) in [5, 5.41) is 5.82. The molecule has 6 nitrogen and oxygen atoms in total. The van der Waals surface area contributed by atoms with Gasteiger partial charge in [0.1, 0.15) is 6.79 Å². The molecular weight excluding hydrogens is 330 g/mol. The standard InChI is InChI=1S/C10H9N.C9H20N2O.CH2O.H2O.H2/c1-8-3-2-4-9-7-11-6-5-10(8)9;1-2-7-11-8-5-3-4-6-9(10)12;1-2;;/h2-7H,1H3;11H,2-8H2,1H3,(H2,10,12);1H2;1H2;1H. The number of amides is 1. The maximum Gasteiger partial charge on any atom is 0.217 e. The summed E-state index contributed by atoms with van der Waals surface area (Å²) in [5.74, 6) is -0.184. The predicted octanol–water partition coefficient (Wildman–Crippen LogP) is 2.81. The van der Waals surface area contributed by atoms with Crippen molar-refractivity contribution in [1.29, 1.82) is 0 Å². The fourth-order valence-corrected chi connectivity index (χ4v) is 2.31. The van der Waals surface area contributed by atoms with Crippen LogP contribution in [0.3, 0.4) is 0 Å². The van der Waals surface area contributed by atoms with Crippen molar-refractivity contribution < 1.29 is 16.5 Å². The molecular formula is C20H35N3O3. The number of nitrogens with two attached hydrogens (primary N) is 1. The molecule has 0 atom stereocenters. The van der Waals surface area contributed by atoms with Crippen LogP contribution in [-0.4, -0.2) is 36.2 Å². The van der Waals surface area contributed by atoms with Crippen LogP contribution < -0.4 is 11.1 Å². The quantitative estimate of drug-likeness (QED) is 0.699. The molecule has 0 fully saturated rings. The van der Waals surface area contributed by atoms with Crippen molar-refractivity contribution in [3.8, 4) is 0 Å². The van der Waals surface area contributed by atoms with Gasteiger partial charge in [0.25, 0.3) is 0 Å². The molecule has 0 aliphatic carbocycles. The Morgan fingerprint density at radius 1 is 1.19 bits per heavy atom. The zero-order valence-electron chi connectivity index (χ0n) is 16.0. The summed E-state index contributed by atoms with van der Waals surface area (Å²) in [7, 11) is 0. The highest BCUT2D eigenvalue weighted by atomic mass is 16.1. The zero-order valence-corrected chi connectivity index (χ0v) is 16.0. The fraction of sp³-hybridized carbons (Fsp3) is 0.450. The van der Waals surface area contributed by atoms with Crippen LogP contribution in [0, 0.1) is 6.92 Å². The smallest absolute Gasteiger partial charge is 0.217 e. The summed E-state index contributed by atoms with van der Waals surface area (Å²) in [6.07, 6.45) is 8.61. The van der Waals surface area contributed by atoms with E-state index >= 15 is 0 Å². The number of pyridine rings is 1. The van der Waals surface area contributed by atoms with Gasteiger partial charge in [-0.3, -0.25) is 9.78 Å². The first-order valence-electron chi connectivity index (χ1n) is 8.72. The van der Waals surface area contributed by atoms with Crippen molar-refractivity contribution in [2.24, 2.45) is 5.73 Å². The fourth-order valence-electron chi connectivity index (χ4n) is 2.31. The van der Waals surface area contributed by atoms with Gasteiger partial charge in [0.15, 0.2) is 0 Å². The Labute approximate surface area is 158 Å². The Hall–Kier alpha value is -2.31. The van der Waals surface area contributed by atoms with E-state index in [0.717, 1.165) is 32.4 Å². The molecule has 148 valence electrons. The van der Waals surface area contributed by atoms with Crippen LogP contribution in [0.5, 0.6) is 0 Å². The van der Waals surface area contributed by atoms with Gasteiger partial charge in [0.2, 0.25) is 5.91 Å². The minimum atomic E-state index is -0.184. The second-order valence-electron chi connectivity index (χ2n) is 5.70. The van der Waals surface area contributed by atoms with Crippen LogP contribution in [0.2, 0.25) is 0 Å². The number of carbonyl (C=O) groups excluding carboxylic acids is 2. The maximum absolute atomic E-state index is 10.3. The molecule has 0 bridgehead atoms. The minimum absolute atomic E-state index is 0. The van der Waals surface area contributed by atoms with Gasteiger partial charge in [0.05, 0.1) is 0 Å². The molecule has 6 heteroatoms. The number of benzene rings is 1. The van der Waals surface area contributed by atoms with Gasteiger partial charge in [-0.25, -0.2) is 0 Å². The van der Waals surface area contributed by atoms with Gasteiger partial charge < -0.3 is 21.3 Å². The largest absolute Gasteiger partial charge is 0.412 e. The molecule has 0 aliphatic rings. The summed E-state index contributed by atoms with van der Waals surface area (Å²) < 4.78 is 0. The van der Waals surface area contributed by atoms with Crippen molar-refractivity contribution in [2.45, 2.75) is 46.0 Å². The zero-order chi connectivity index (χ0) is 18.9. The Morgan fingerprint density at radius 3 is 2.54 bits per heavy atom. The molecule has 2 aromatic rings. The molecule has 1 aromatic heterocycles. The lowest BCUT2D eigenvalue weighted by Gasteiger charge is -2.01. The second kappa shape index (κ2) is 17.5. The third-order valence-electron chi connectivity index (χ3n) is 3.60. The van der Waals surface area contributed by atoms with Crippen LogP contribution in [0.15, 0.2) is 36.7 Å². The van der Waals surface area contributed by atoms with Crippen molar-refractivity contribution >= 4 is 23.5 Å². The van der Waals surface area contributed by atoms with E-state index in [9.17, 15) is 4.79 Å². The molecule has 5 N–H and O–H groups in total. The molecule has 0 spiro atoms. The van der Waals surface area contributed by atoms with Crippen LogP contribution in [-0.2, 0) is 9.59 Å². The van der Waals surface area contributed by atoms with Crippen LogP contribution >= 0.6 is 0 Å². The number of fused-ring (bicyclic) bond motifs is 1. The van der Waals surface area contributed by atoms with Crippen LogP contribution in [0.4, 0.5) is 0 Å². The number of hydrogen-bond donors (Lipinski definition) is 2. The van der Waals surface area contributed by atoms with Crippen LogP contribution in [0.1, 0.15) is 46.0 Å². The summed E-state index contributed by atoms with van der Waals surface area (Å²) in [5.41, 5.74) is 6.31. The molecule has 0 saturated heterocycles. The van der Waals surface area contributed by atoms with Gasteiger partial charge in [0, 0.05) is 25.6 Å². The lowest BCUT2D eigenvalue weighted by atomic mass is 10.1. The molecule has 0 radical (unpaired) electrons. The number of unbranched alkanes of at least 4 members (excludes halogenated alkanes) is 2. The number of carbonyl (C=O) groups is 2. The minimum Gasteiger partial charge on any atom is -0.412 e. The monoisotopic (exact) mass is 365 g/mol. The number of nitrogens with zero attached hydrogens (tertiary/aromatic N) is 1. The van der Waals surface area contributed by atoms with E-state index in [1.807, 2.05) is 25.2 Å². The number of aryl methyl sites for hydroxylation is 1. The average Bonchev–Trinajstić information content (AvgIpc) is 2.63. The van der Waals surface area contributed by atoms with E-state index in [1.165, 1.54) is 22.8 Å². The Balaban J connectivity index is -0.000000366. The van der Waals surface area contributed by atoms with Gasteiger partial charge in [-0.2, -0.15) is 0 Å². The van der Waals surface area contributed by atoms with Gasteiger partial charge in [-0.15, -0.1) is 0 Å². The van der Waals surface area contributed by atoms with E-state index in [1.54, 1.807) is 0 Å². The average molecular weight is 366 g/mol. The predicted molar refractivity (Wildman–Crippen MR) is 110 cm³/mol. The van der Waals surface area contributed by atoms with Crippen LogP contribution in [0.25, 0.3) is 10.8 Å². The van der Waals surface area contributed by atoms with Crippen molar-refractivity contribution in [3.05, 3.63) is 42.2 Å². The normalized spacial score (nSPS) is 9.15. The number of nitrogens with one attached hydrogen (secondary N) is 1. The Kier molecular flexibility index (Phi) is 17.5. The SMILES string of the molecule is C=O.CCCNCCCCCC(N)=O.Cc1cccc2cnccc12.O.[HH]. The molecule has 0 unspecified atom stereocenters. The van der Waals surface area contributed by atoms with Gasteiger partial charge in [-0.05, 0) is 56.3 Å². The summed E-state index contributed by atoms with van der Waals surface area (Å²) in [6.45, 7) is 8.42. The number of rotatable bonds is 8. The molecule has 1 aromatic carbocycles. The highest BCUT2D eigenvalue weighted by molar-refractivity contribution is 5.84. The third kappa shape index (κ3) is 12.1. The molecule has 0 aliphatic heterocycles. The first-order valence-corrected chi connectivity index (χ1v) is 8.72. The summed E-state index contributed by atoms with van der Waals surface area (Å²) >= 11 is 0. The van der Waals surface area contributed by atoms with E-state index in [4.69, 9.17) is 10.5 Å². The van der Waals surface area contributed by atoms with Gasteiger partial charge in [-0.1, -0.05) is 31.5 Å². The summed E-state index contributed by atoms with van der Waals surface area (Å²) in [4.78, 5) is 22.4. The first kappa shape index (κ1) is 25.9. The van der Waals surface area contributed by atoms with Crippen molar-refractivity contribution in [2.75, 3.05) is 13.1 Å². The van der Waals surface area contributed by atoms with E-state index in [0.29, 0.717) is 6.42 Å².